The molecular weight excluding hydrogens is 244 g/mol. The molecule has 0 radical (unpaired) electrons. The minimum Gasteiger partial charge on any atom is -0.369 e. The molecule has 0 aromatic rings. The zero-order valence-electron chi connectivity index (χ0n) is 9.55. The molecule has 9 nitrogen and oxygen atoms in total. The Kier molecular flexibility index (Phi) is 6.04. The summed E-state index contributed by atoms with van der Waals surface area (Å²) in [5.74, 6) is -3.03. The number of nitrogens with zero attached hydrogens (tertiary/aromatic N) is 1. The van der Waals surface area contributed by atoms with Crippen LogP contribution >= 0.6 is 0 Å². The van der Waals surface area contributed by atoms with E-state index in [1.165, 1.54) is 0 Å². The molecule has 9 heteroatoms. The number of hydrogen-bond donors (Lipinski definition) is 3. The third kappa shape index (κ3) is 6.93. The van der Waals surface area contributed by atoms with Crippen molar-refractivity contribution < 1.29 is 24.0 Å². The molecule has 0 rings (SSSR count). The average Bonchev–Trinajstić information content (AvgIpc) is 2.13. The molecule has 0 aromatic carbocycles. The first kappa shape index (κ1) is 15.6. The van der Waals surface area contributed by atoms with Crippen molar-refractivity contribution in [3.8, 4) is 0 Å². The van der Waals surface area contributed by atoms with E-state index in [-0.39, 0.29) is 0 Å². The molecular formula is C9H14N4O5. The molecule has 0 aliphatic rings. The van der Waals surface area contributed by atoms with Crippen molar-refractivity contribution in [2.24, 2.45) is 17.2 Å². The standard InChI is InChI=1S/C9H14N4O5/c10-7(16)1-5(14)3-13(9(12)18)4-6(15)2-8(11)17/h1-4H2,(H2,10,16)(H2,11,17)(H2,12,18). The van der Waals surface area contributed by atoms with Gasteiger partial charge in [-0.3, -0.25) is 19.2 Å². The maximum atomic E-state index is 11.2. The van der Waals surface area contributed by atoms with Crippen molar-refractivity contribution in [3.05, 3.63) is 0 Å². The summed E-state index contributed by atoms with van der Waals surface area (Å²) in [5, 5.41) is 0. The van der Waals surface area contributed by atoms with Gasteiger partial charge in [-0.1, -0.05) is 0 Å². The Bertz CT molecular complexity index is 362. The van der Waals surface area contributed by atoms with Crippen LogP contribution in [0.1, 0.15) is 12.8 Å². The number of nitrogens with two attached hydrogens (primary N) is 3. The van der Waals surface area contributed by atoms with E-state index in [0.717, 1.165) is 0 Å². The molecule has 0 spiro atoms. The Balaban J connectivity index is 4.44. The lowest BCUT2D eigenvalue weighted by molar-refractivity contribution is -0.127. The van der Waals surface area contributed by atoms with Crippen LogP contribution in [-0.2, 0) is 19.2 Å². The summed E-state index contributed by atoms with van der Waals surface area (Å²) in [6.07, 6.45) is -1.12. The first-order valence-electron chi connectivity index (χ1n) is 4.86. The fraction of sp³-hybridized carbons (Fsp3) is 0.444. The maximum absolute atomic E-state index is 11.2. The molecule has 0 aliphatic heterocycles. The van der Waals surface area contributed by atoms with E-state index in [4.69, 9.17) is 17.2 Å². The molecule has 6 N–H and O–H groups in total. The molecule has 0 saturated heterocycles. The van der Waals surface area contributed by atoms with Crippen LogP contribution in [0.5, 0.6) is 0 Å². The highest BCUT2D eigenvalue weighted by Gasteiger charge is 2.19. The number of urea groups is 1. The lowest BCUT2D eigenvalue weighted by Gasteiger charge is -2.17. The smallest absolute Gasteiger partial charge is 0.315 e. The molecule has 0 bridgehead atoms. The quantitative estimate of drug-likeness (QED) is 0.401. The van der Waals surface area contributed by atoms with Gasteiger partial charge in [0.1, 0.15) is 0 Å². The molecule has 4 amide bonds. The predicted octanol–water partition coefficient (Wildman–Crippen LogP) is -2.74. The second-order valence-corrected chi connectivity index (χ2v) is 3.56. The van der Waals surface area contributed by atoms with E-state index in [1.807, 2.05) is 0 Å². The lowest BCUT2D eigenvalue weighted by atomic mass is 10.2. The highest BCUT2D eigenvalue weighted by Crippen LogP contribution is 1.94. The molecule has 0 atom stereocenters. The van der Waals surface area contributed by atoms with Crippen LogP contribution in [0.25, 0.3) is 0 Å². The molecule has 18 heavy (non-hydrogen) atoms. The van der Waals surface area contributed by atoms with E-state index in [9.17, 15) is 24.0 Å². The Labute approximate surface area is 102 Å². The van der Waals surface area contributed by atoms with Crippen molar-refractivity contribution in [1.29, 1.82) is 0 Å². The van der Waals surface area contributed by atoms with Gasteiger partial charge >= 0.3 is 6.03 Å². The third-order valence-corrected chi connectivity index (χ3v) is 1.79. The maximum Gasteiger partial charge on any atom is 0.315 e. The van der Waals surface area contributed by atoms with Crippen molar-refractivity contribution in [1.82, 2.24) is 4.90 Å². The van der Waals surface area contributed by atoms with Gasteiger partial charge in [-0.25, -0.2) is 4.79 Å². The number of amides is 4. The van der Waals surface area contributed by atoms with Crippen LogP contribution in [-0.4, -0.2) is 47.4 Å². The highest BCUT2D eigenvalue weighted by molar-refractivity contribution is 6.01. The average molecular weight is 258 g/mol. The number of primary amides is 3. The molecule has 0 fully saturated rings. The largest absolute Gasteiger partial charge is 0.369 e. The Hall–Kier alpha value is -2.45. The second-order valence-electron chi connectivity index (χ2n) is 3.56. The molecule has 100 valence electrons. The van der Waals surface area contributed by atoms with Crippen LogP contribution < -0.4 is 17.2 Å². The van der Waals surface area contributed by atoms with E-state index in [1.54, 1.807) is 0 Å². The zero-order chi connectivity index (χ0) is 14.3. The monoisotopic (exact) mass is 258 g/mol. The Morgan fingerprint density at radius 2 is 1.06 bits per heavy atom. The number of rotatable bonds is 8. The van der Waals surface area contributed by atoms with Crippen LogP contribution in [0, 0.1) is 0 Å². The summed E-state index contributed by atoms with van der Waals surface area (Å²) < 4.78 is 0. The van der Waals surface area contributed by atoms with Crippen molar-refractivity contribution >= 4 is 29.4 Å². The predicted molar refractivity (Wildman–Crippen MR) is 58.8 cm³/mol. The first-order valence-corrected chi connectivity index (χ1v) is 4.86. The zero-order valence-corrected chi connectivity index (χ0v) is 9.55. The number of carbonyl (C=O) groups is 5. The van der Waals surface area contributed by atoms with E-state index in [2.05, 4.69) is 0 Å². The van der Waals surface area contributed by atoms with Gasteiger partial charge in [0, 0.05) is 0 Å². The minimum absolute atomic E-state index is 0.525. The fourth-order valence-electron chi connectivity index (χ4n) is 1.14. The molecule has 0 aromatic heterocycles. The van der Waals surface area contributed by atoms with Gasteiger partial charge in [-0.15, -0.1) is 0 Å². The Morgan fingerprint density at radius 3 is 1.28 bits per heavy atom. The Morgan fingerprint density at radius 1 is 0.722 bits per heavy atom. The summed E-state index contributed by atoms with van der Waals surface area (Å²) >= 11 is 0. The van der Waals surface area contributed by atoms with Gasteiger partial charge < -0.3 is 22.1 Å². The molecule has 0 aliphatic carbocycles. The summed E-state index contributed by atoms with van der Waals surface area (Å²) in [6.45, 7) is -1.05. The molecule has 0 unspecified atom stereocenters. The van der Waals surface area contributed by atoms with Crippen molar-refractivity contribution in [2.75, 3.05) is 13.1 Å². The number of ketones is 2. The summed E-state index contributed by atoms with van der Waals surface area (Å²) in [6, 6.07) is -1.02. The van der Waals surface area contributed by atoms with Gasteiger partial charge in [0.25, 0.3) is 0 Å². The van der Waals surface area contributed by atoms with Crippen molar-refractivity contribution in [2.45, 2.75) is 12.8 Å². The second kappa shape index (κ2) is 6.99. The normalized spacial score (nSPS) is 9.56. The van der Waals surface area contributed by atoms with E-state index < -0.39 is 55.3 Å². The van der Waals surface area contributed by atoms with Gasteiger partial charge in [-0.05, 0) is 0 Å². The van der Waals surface area contributed by atoms with Gasteiger partial charge in [0.05, 0.1) is 25.9 Å². The van der Waals surface area contributed by atoms with Crippen LogP contribution in [0.2, 0.25) is 0 Å². The number of carbonyl (C=O) groups excluding carboxylic acids is 5. The fourth-order valence-corrected chi connectivity index (χ4v) is 1.14. The third-order valence-electron chi connectivity index (χ3n) is 1.79. The minimum atomic E-state index is -1.02. The van der Waals surface area contributed by atoms with Gasteiger partial charge in [0.15, 0.2) is 11.6 Å². The first-order chi connectivity index (χ1) is 8.22. The summed E-state index contributed by atoms with van der Waals surface area (Å²) in [5.41, 5.74) is 14.5. The number of hydrogen-bond acceptors (Lipinski definition) is 5. The summed E-state index contributed by atoms with van der Waals surface area (Å²) in [7, 11) is 0. The summed E-state index contributed by atoms with van der Waals surface area (Å²) in [4.78, 5) is 55.0. The topological polar surface area (TPSA) is 167 Å². The van der Waals surface area contributed by atoms with Gasteiger partial charge in [-0.2, -0.15) is 0 Å². The lowest BCUT2D eigenvalue weighted by Crippen LogP contribution is -2.43. The van der Waals surface area contributed by atoms with Crippen molar-refractivity contribution in [3.63, 3.8) is 0 Å². The molecule has 0 heterocycles. The van der Waals surface area contributed by atoms with Crippen LogP contribution in [0.15, 0.2) is 0 Å². The van der Waals surface area contributed by atoms with E-state index >= 15 is 0 Å². The number of Topliss-reactive ketones (excluding diaryl/α,β-unsaturated/α-hetero) is 2. The highest BCUT2D eigenvalue weighted by atomic mass is 16.2. The van der Waals surface area contributed by atoms with Gasteiger partial charge in [0.2, 0.25) is 11.8 Å². The molecule has 0 saturated carbocycles. The van der Waals surface area contributed by atoms with Crippen LogP contribution in [0.4, 0.5) is 4.79 Å². The SMILES string of the molecule is NC(=O)CC(=O)CN(CC(=O)CC(N)=O)C(N)=O. The van der Waals surface area contributed by atoms with E-state index in [0.29, 0.717) is 4.90 Å². The van der Waals surface area contributed by atoms with Crippen LogP contribution in [0.3, 0.4) is 0 Å².